The molecule has 0 bridgehead atoms. The van der Waals surface area contributed by atoms with E-state index in [1.807, 2.05) is 0 Å². The zero-order chi connectivity index (χ0) is 9.60. The lowest BCUT2D eigenvalue weighted by molar-refractivity contribution is 0.00261. The molecule has 1 unspecified atom stereocenters. The van der Waals surface area contributed by atoms with Crippen molar-refractivity contribution in [1.82, 2.24) is 4.90 Å². The fraction of sp³-hybridized carbons (Fsp3) is 1.00. The summed E-state index contributed by atoms with van der Waals surface area (Å²) in [6, 6.07) is 0. The summed E-state index contributed by atoms with van der Waals surface area (Å²) in [5.41, 5.74) is 6.47. The van der Waals surface area contributed by atoms with E-state index in [1.54, 1.807) is 0 Å². The normalized spacial score (nSPS) is 37.1. The van der Waals surface area contributed by atoms with E-state index < -0.39 is 0 Å². The van der Waals surface area contributed by atoms with Crippen molar-refractivity contribution in [3.05, 3.63) is 0 Å². The van der Waals surface area contributed by atoms with Crippen LogP contribution >= 0.6 is 0 Å². The Morgan fingerprint density at radius 3 is 2.64 bits per heavy atom. The van der Waals surface area contributed by atoms with E-state index in [9.17, 15) is 0 Å². The maximum Gasteiger partial charge on any atom is 0.0702 e. The quantitative estimate of drug-likeness (QED) is 0.718. The zero-order valence-electron chi connectivity index (χ0n) is 8.74. The number of nitrogens with two attached hydrogens (primary N) is 1. The lowest BCUT2D eigenvalue weighted by Crippen LogP contribution is -2.69. The summed E-state index contributed by atoms with van der Waals surface area (Å²) in [5.74, 6) is 0.836. The summed E-state index contributed by atoms with van der Waals surface area (Å²) >= 11 is 0. The highest BCUT2D eigenvalue weighted by atomic mass is 16.5. The maximum atomic E-state index is 6.29. The molecule has 0 radical (unpaired) electrons. The fourth-order valence-corrected chi connectivity index (χ4v) is 2.91. The van der Waals surface area contributed by atoms with E-state index in [1.165, 1.54) is 25.7 Å². The molecule has 1 aliphatic carbocycles. The highest BCUT2D eigenvalue weighted by molar-refractivity contribution is 5.09. The molecule has 0 aromatic rings. The van der Waals surface area contributed by atoms with E-state index in [0.717, 1.165) is 32.2 Å². The zero-order valence-corrected chi connectivity index (χ0v) is 8.74. The van der Waals surface area contributed by atoms with Crippen molar-refractivity contribution < 1.29 is 4.74 Å². The van der Waals surface area contributed by atoms with Crippen LogP contribution in [0.4, 0.5) is 0 Å². The smallest absolute Gasteiger partial charge is 0.0702 e. The third kappa shape index (κ3) is 1.58. The van der Waals surface area contributed by atoms with Gasteiger partial charge in [-0.3, -0.25) is 4.90 Å². The van der Waals surface area contributed by atoms with Gasteiger partial charge in [0.25, 0.3) is 0 Å². The number of ether oxygens (including phenoxy) is 1. The van der Waals surface area contributed by atoms with Crippen LogP contribution in [0.1, 0.15) is 25.7 Å². The Hall–Kier alpha value is -0.120. The second kappa shape index (κ2) is 3.19. The number of rotatable bonds is 3. The van der Waals surface area contributed by atoms with Crippen LogP contribution in [0, 0.1) is 5.92 Å². The molecule has 0 spiro atoms. The van der Waals surface area contributed by atoms with Crippen molar-refractivity contribution in [3.63, 3.8) is 0 Å². The minimum atomic E-state index is 0.179. The standard InChI is InChI=1S/C11H20N2O/c12-11(9-3-4-9)7-13(8-11)6-10-2-1-5-14-10/h9-10H,1-8,12H2. The molecule has 3 aliphatic rings. The summed E-state index contributed by atoms with van der Waals surface area (Å²) in [4.78, 5) is 2.47. The van der Waals surface area contributed by atoms with Gasteiger partial charge in [0.15, 0.2) is 0 Å². The van der Waals surface area contributed by atoms with Gasteiger partial charge in [-0.1, -0.05) is 0 Å². The molecule has 3 nitrogen and oxygen atoms in total. The van der Waals surface area contributed by atoms with E-state index >= 15 is 0 Å². The molecule has 3 rings (SSSR count). The average Bonchev–Trinajstić information content (AvgIpc) is 2.84. The van der Waals surface area contributed by atoms with Gasteiger partial charge < -0.3 is 10.5 Å². The van der Waals surface area contributed by atoms with Crippen LogP contribution in [0.5, 0.6) is 0 Å². The lowest BCUT2D eigenvalue weighted by Gasteiger charge is -2.49. The van der Waals surface area contributed by atoms with Crippen LogP contribution in [-0.4, -0.2) is 42.8 Å². The molecule has 14 heavy (non-hydrogen) atoms. The Bertz CT molecular complexity index is 213. The van der Waals surface area contributed by atoms with Crippen molar-refractivity contribution in [1.29, 1.82) is 0 Å². The van der Waals surface area contributed by atoms with Crippen molar-refractivity contribution in [2.45, 2.75) is 37.3 Å². The molecule has 3 fully saturated rings. The number of likely N-dealkylation sites (tertiary alicyclic amines) is 1. The van der Waals surface area contributed by atoms with Gasteiger partial charge >= 0.3 is 0 Å². The van der Waals surface area contributed by atoms with Gasteiger partial charge in [-0.05, 0) is 31.6 Å². The molecular weight excluding hydrogens is 176 g/mol. The second-order valence-corrected chi connectivity index (χ2v) is 5.31. The molecule has 2 N–H and O–H groups in total. The molecule has 0 amide bonds. The minimum absolute atomic E-state index is 0.179. The van der Waals surface area contributed by atoms with Gasteiger partial charge in [-0.25, -0.2) is 0 Å². The van der Waals surface area contributed by atoms with Crippen LogP contribution < -0.4 is 5.73 Å². The predicted octanol–water partition coefficient (Wildman–Crippen LogP) is 0.588. The highest BCUT2D eigenvalue weighted by Gasteiger charge is 2.50. The van der Waals surface area contributed by atoms with Crippen molar-refractivity contribution in [2.24, 2.45) is 11.7 Å². The Morgan fingerprint density at radius 1 is 1.29 bits per heavy atom. The first kappa shape index (κ1) is 9.13. The third-order valence-corrected chi connectivity index (χ3v) is 3.91. The van der Waals surface area contributed by atoms with Crippen LogP contribution in [0.15, 0.2) is 0 Å². The van der Waals surface area contributed by atoms with E-state index in [4.69, 9.17) is 10.5 Å². The van der Waals surface area contributed by atoms with E-state index in [2.05, 4.69) is 4.90 Å². The third-order valence-electron chi connectivity index (χ3n) is 3.91. The highest BCUT2D eigenvalue weighted by Crippen LogP contribution is 2.43. The van der Waals surface area contributed by atoms with Gasteiger partial charge in [-0.15, -0.1) is 0 Å². The SMILES string of the molecule is NC1(C2CC2)CN(CC2CCCO2)C1. The van der Waals surface area contributed by atoms with Gasteiger partial charge in [0, 0.05) is 31.8 Å². The predicted molar refractivity (Wildman–Crippen MR) is 55.1 cm³/mol. The lowest BCUT2D eigenvalue weighted by atomic mass is 9.85. The monoisotopic (exact) mass is 196 g/mol. The number of hydrogen-bond acceptors (Lipinski definition) is 3. The van der Waals surface area contributed by atoms with Crippen LogP contribution in [-0.2, 0) is 4.74 Å². The fourth-order valence-electron chi connectivity index (χ4n) is 2.91. The first-order valence-corrected chi connectivity index (χ1v) is 5.89. The first-order valence-electron chi connectivity index (χ1n) is 5.89. The van der Waals surface area contributed by atoms with Gasteiger partial charge in [0.05, 0.1) is 6.10 Å². The average molecular weight is 196 g/mol. The molecule has 0 aromatic carbocycles. The first-order chi connectivity index (χ1) is 6.76. The van der Waals surface area contributed by atoms with Crippen molar-refractivity contribution in [3.8, 4) is 0 Å². The van der Waals surface area contributed by atoms with Crippen LogP contribution in [0.3, 0.4) is 0 Å². The molecule has 1 atom stereocenters. The van der Waals surface area contributed by atoms with Gasteiger partial charge in [-0.2, -0.15) is 0 Å². The molecular formula is C11H20N2O. The topological polar surface area (TPSA) is 38.5 Å². The van der Waals surface area contributed by atoms with Crippen molar-refractivity contribution in [2.75, 3.05) is 26.2 Å². The van der Waals surface area contributed by atoms with Gasteiger partial charge in [0.2, 0.25) is 0 Å². The summed E-state index contributed by atoms with van der Waals surface area (Å²) < 4.78 is 5.62. The number of nitrogens with zero attached hydrogens (tertiary/aromatic N) is 1. The van der Waals surface area contributed by atoms with E-state index in [0.29, 0.717) is 6.10 Å². The minimum Gasteiger partial charge on any atom is -0.377 e. The number of hydrogen-bond donors (Lipinski definition) is 1. The Labute approximate surface area is 85.6 Å². The summed E-state index contributed by atoms with van der Waals surface area (Å²) in [6.07, 6.45) is 5.72. The molecule has 2 aliphatic heterocycles. The van der Waals surface area contributed by atoms with E-state index in [-0.39, 0.29) is 5.54 Å². The van der Waals surface area contributed by atoms with Crippen molar-refractivity contribution >= 4 is 0 Å². The Morgan fingerprint density at radius 2 is 2.07 bits per heavy atom. The molecule has 80 valence electrons. The second-order valence-electron chi connectivity index (χ2n) is 5.31. The van der Waals surface area contributed by atoms with Gasteiger partial charge in [0.1, 0.15) is 0 Å². The molecule has 0 aromatic heterocycles. The van der Waals surface area contributed by atoms with Crippen LogP contribution in [0.2, 0.25) is 0 Å². The summed E-state index contributed by atoms with van der Waals surface area (Å²) in [7, 11) is 0. The maximum absolute atomic E-state index is 6.29. The summed E-state index contributed by atoms with van der Waals surface area (Å²) in [5, 5.41) is 0. The Balaban J connectivity index is 1.44. The largest absolute Gasteiger partial charge is 0.377 e. The molecule has 2 saturated heterocycles. The summed E-state index contributed by atoms with van der Waals surface area (Å²) in [6.45, 7) is 4.30. The molecule has 1 saturated carbocycles. The van der Waals surface area contributed by atoms with Crippen LogP contribution in [0.25, 0.3) is 0 Å². The molecule has 2 heterocycles. The molecule has 3 heteroatoms. The Kier molecular flexibility index (Phi) is 2.08.